The first-order valence-corrected chi connectivity index (χ1v) is 20.8. The summed E-state index contributed by atoms with van der Waals surface area (Å²) >= 11 is 0. The number of ether oxygens (including phenoxy) is 1. The Hall–Kier alpha value is -8.08. The average Bonchev–Trinajstić information content (AvgIpc) is 3.82. The van der Waals surface area contributed by atoms with Crippen molar-refractivity contribution in [1.29, 1.82) is 0 Å². The van der Waals surface area contributed by atoms with Crippen molar-refractivity contribution >= 4 is 32.7 Å². The van der Waals surface area contributed by atoms with Gasteiger partial charge in [0.15, 0.2) is 5.82 Å². The Morgan fingerprint density at radius 2 is 0.984 bits per heavy atom. The molecule has 0 unspecified atom stereocenters. The minimum absolute atomic E-state index is 0.629. The summed E-state index contributed by atoms with van der Waals surface area (Å²) < 4.78 is 9.02. The van der Waals surface area contributed by atoms with Crippen molar-refractivity contribution in [2.75, 3.05) is 0 Å². The van der Waals surface area contributed by atoms with Crippen LogP contribution in [-0.4, -0.2) is 14.5 Å². The summed E-state index contributed by atoms with van der Waals surface area (Å²) in [5.41, 5.74) is 16.2. The summed E-state index contributed by atoms with van der Waals surface area (Å²) in [6.45, 7) is 0. The topological polar surface area (TPSA) is 39.9 Å². The number of rotatable bonds is 4. The molecule has 0 fully saturated rings. The van der Waals surface area contributed by atoms with Gasteiger partial charge in [-0.05, 0) is 81.9 Å². The Morgan fingerprint density at radius 3 is 1.79 bits per heavy atom. The molecule has 11 aromatic rings. The Labute approximate surface area is 352 Å². The van der Waals surface area contributed by atoms with Gasteiger partial charge in [0.1, 0.15) is 11.5 Å². The Morgan fingerprint density at radius 1 is 0.393 bits per heavy atom. The first-order chi connectivity index (χ1) is 30.3. The van der Waals surface area contributed by atoms with E-state index in [0.717, 1.165) is 67.2 Å². The summed E-state index contributed by atoms with van der Waals surface area (Å²) in [6, 6.07) is 75.8. The van der Waals surface area contributed by atoms with E-state index in [1.807, 2.05) is 0 Å². The minimum atomic E-state index is -0.629. The molecule has 1 aliphatic carbocycles. The fraction of sp³-hybridized carbons (Fsp3) is 0.0175. The molecule has 0 saturated carbocycles. The van der Waals surface area contributed by atoms with Crippen LogP contribution in [0.2, 0.25) is 0 Å². The van der Waals surface area contributed by atoms with Gasteiger partial charge in [-0.1, -0.05) is 164 Å². The van der Waals surface area contributed by atoms with E-state index in [4.69, 9.17) is 14.7 Å². The monoisotopic (exact) mass is 777 g/mol. The molecule has 61 heavy (non-hydrogen) atoms. The molecule has 1 aliphatic heterocycles. The molecule has 3 heterocycles. The maximum atomic E-state index is 6.66. The van der Waals surface area contributed by atoms with Gasteiger partial charge in [-0.3, -0.25) is 0 Å². The van der Waals surface area contributed by atoms with Gasteiger partial charge in [0.25, 0.3) is 0 Å². The number of para-hydroxylation sites is 5. The van der Waals surface area contributed by atoms with Crippen LogP contribution in [0.4, 0.5) is 0 Å². The predicted octanol–water partition coefficient (Wildman–Crippen LogP) is 14.2. The van der Waals surface area contributed by atoms with Crippen molar-refractivity contribution in [2.45, 2.75) is 5.41 Å². The summed E-state index contributed by atoms with van der Waals surface area (Å²) in [6.07, 6.45) is 0. The largest absolute Gasteiger partial charge is 0.457 e. The lowest BCUT2D eigenvalue weighted by Gasteiger charge is -2.40. The maximum absolute atomic E-state index is 6.66. The van der Waals surface area contributed by atoms with Gasteiger partial charge in [-0.25, -0.2) is 9.97 Å². The zero-order chi connectivity index (χ0) is 40.1. The molecule has 0 amide bonds. The zero-order valence-electron chi connectivity index (χ0n) is 33.0. The molecule has 0 N–H and O–H groups in total. The molecular formula is C57H35N3O. The molecule has 4 heteroatoms. The maximum Gasteiger partial charge on any atom is 0.160 e. The van der Waals surface area contributed by atoms with Crippen LogP contribution < -0.4 is 4.74 Å². The van der Waals surface area contributed by atoms with Crippen LogP contribution in [0.1, 0.15) is 22.3 Å². The van der Waals surface area contributed by atoms with Crippen LogP contribution in [0.25, 0.3) is 83.3 Å². The molecule has 2 aliphatic rings. The van der Waals surface area contributed by atoms with E-state index >= 15 is 0 Å². The third-order valence-corrected chi connectivity index (χ3v) is 12.9. The van der Waals surface area contributed by atoms with Gasteiger partial charge in [0.05, 0.1) is 27.7 Å². The predicted molar refractivity (Wildman–Crippen MR) is 248 cm³/mol. The fourth-order valence-electron chi connectivity index (χ4n) is 10.3. The number of nitrogens with zero attached hydrogens (tertiary/aromatic N) is 3. The number of hydrogen-bond acceptors (Lipinski definition) is 3. The van der Waals surface area contributed by atoms with E-state index in [1.165, 1.54) is 44.1 Å². The molecule has 0 atom stereocenters. The van der Waals surface area contributed by atoms with E-state index in [1.54, 1.807) is 0 Å². The first-order valence-electron chi connectivity index (χ1n) is 20.8. The third-order valence-electron chi connectivity index (χ3n) is 12.9. The van der Waals surface area contributed by atoms with Crippen LogP contribution in [-0.2, 0) is 5.41 Å². The van der Waals surface area contributed by atoms with E-state index in [0.29, 0.717) is 5.82 Å². The molecule has 2 aromatic heterocycles. The normalized spacial score (nSPS) is 13.2. The molecular weight excluding hydrogens is 743 g/mol. The summed E-state index contributed by atoms with van der Waals surface area (Å²) in [4.78, 5) is 10.8. The van der Waals surface area contributed by atoms with E-state index in [2.05, 4.69) is 217 Å². The van der Waals surface area contributed by atoms with Gasteiger partial charge in [0, 0.05) is 44.1 Å². The quantitative estimate of drug-likeness (QED) is 0.179. The van der Waals surface area contributed by atoms with Gasteiger partial charge in [0.2, 0.25) is 0 Å². The first kappa shape index (κ1) is 33.8. The van der Waals surface area contributed by atoms with Crippen LogP contribution in [0.5, 0.6) is 11.5 Å². The molecule has 284 valence electrons. The van der Waals surface area contributed by atoms with Crippen molar-refractivity contribution < 1.29 is 4.74 Å². The number of aromatic nitrogens is 3. The van der Waals surface area contributed by atoms with E-state index in [-0.39, 0.29) is 0 Å². The van der Waals surface area contributed by atoms with Crippen molar-refractivity contribution in [3.8, 4) is 62.1 Å². The van der Waals surface area contributed by atoms with E-state index in [9.17, 15) is 0 Å². The van der Waals surface area contributed by atoms with Crippen molar-refractivity contribution in [1.82, 2.24) is 14.5 Å². The number of benzene rings is 9. The van der Waals surface area contributed by atoms with Crippen LogP contribution in [0, 0.1) is 0 Å². The number of hydrogen-bond donors (Lipinski definition) is 0. The molecule has 0 saturated heterocycles. The molecule has 13 rings (SSSR count). The Kier molecular flexibility index (Phi) is 7.19. The van der Waals surface area contributed by atoms with Crippen molar-refractivity contribution in [3.05, 3.63) is 235 Å². The van der Waals surface area contributed by atoms with Gasteiger partial charge in [-0.15, -0.1) is 0 Å². The Balaban J connectivity index is 0.981. The second kappa shape index (κ2) is 13.0. The van der Waals surface area contributed by atoms with Gasteiger partial charge < -0.3 is 9.30 Å². The van der Waals surface area contributed by atoms with Crippen LogP contribution in [0.15, 0.2) is 212 Å². The molecule has 1 spiro atoms. The SMILES string of the molecule is c1ccc(-n2c3ccccc3c3cc(-c4ccc(-c5nc(-c6cccc7c6C6(c8ccccc8Oc8ccccc86)c6ccccc6-7)c6ccccc6n5)cc4)ccc32)cc1. The number of fused-ring (bicyclic) bond motifs is 13. The lowest BCUT2D eigenvalue weighted by molar-refractivity contribution is 0.436. The molecule has 0 radical (unpaired) electrons. The second-order valence-electron chi connectivity index (χ2n) is 16.0. The van der Waals surface area contributed by atoms with Gasteiger partial charge >= 0.3 is 0 Å². The summed E-state index contributed by atoms with van der Waals surface area (Å²) in [7, 11) is 0. The van der Waals surface area contributed by atoms with Crippen LogP contribution >= 0.6 is 0 Å². The highest BCUT2D eigenvalue weighted by atomic mass is 16.5. The highest BCUT2D eigenvalue weighted by Crippen LogP contribution is 2.63. The smallest absolute Gasteiger partial charge is 0.160 e. The van der Waals surface area contributed by atoms with Crippen LogP contribution in [0.3, 0.4) is 0 Å². The van der Waals surface area contributed by atoms with Crippen molar-refractivity contribution in [2.24, 2.45) is 0 Å². The van der Waals surface area contributed by atoms with Crippen molar-refractivity contribution in [3.63, 3.8) is 0 Å². The molecule has 9 aromatic carbocycles. The lowest BCUT2D eigenvalue weighted by atomic mass is 9.65. The second-order valence-corrected chi connectivity index (χ2v) is 16.0. The average molecular weight is 778 g/mol. The summed E-state index contributed by atoms with van der Waals surface area (Å²) in [5, 5.41) is 3.48. The molecule has 0 bridgehead atoms. The summed E-state index contributed by atoms with van der Waals surface area (Å²) in [5.74, 6) is 2.43. The Bertz CT molecular complexity index is 3520. The standard InChI is InChI=1S/C57H35N3O/c1-2-15-39(16-3-1)60-50-26-11-6-18-41(50)45-35-38(33-34-51(45)60)36-29-31-37(32-30-36)56-58-49-25-10-5-19-43(49)55(59-56)44-21-14-20-42-40-17-4-7-22-46(40)57(54(42)44)47-23-8-12-27-52(47)61-53-28-13-9-24-48(53)57/h1-35H. The zero-order valence-corrected chi connectivity index (χ0v) is 33.0. The van der Waals surface area contributed by atoms with E-state index < -0.39 is 5.41 Å². The minimum Gasteiger partial charge on any atom is -0.457 e. The fourth-order valence-corrected chi connectivity index (χ4v) is 10.3. The highest BCUT2D eigenvalue weighted by molar-refractivity contribution is 6.10. The third kappa shape index (κ3) is 4.82. The highest BCUT2D eigenvalue weighted by Gasteiger charge is 2.52. The molecule has 4 nitrogen and oxygen atoms in total. The van der Waals surface area contributed by atoms with Gasteiger partial charge in [-0.2, -0.15) is 0 Å². The lowest BCUT2D eigenvalue weighted by Crippen LogP contribution is -2.32.